The smallest absolute Gasteiger partial charge is 0.234 e. The highest BCUT2D eigenvalue weighted by Crippen LogP contribution is 2.22. The Bertz CT molecular complexity index is 531. The lowest BCUT2D eigenvalue weighted by Gasteiger charge is -2.20. The molecular weight excluding hydrogens is 284 g/mol. The normalized spacial score (nSPS) is 24.5. The van der Waals surface area contributed by atoms with Gasteiger partial charge in [-0.15, -0.1) is 0 Å². The van der Waals surface area contributed by atoms with E-state index in [1.54, 1.807) is 12.4 Å². The van der Waals surface area contributed by atoms with Crippen LogP contribution in [0.5, 0.6) is 5.88 Å². The Morgan fingerprint density at radius 2 is 2.27 bits per heavy atom. The third-order valence-electron chi connectivity index (χ3n) is 4.08. The molecule has 7 heteroatoms. The Labute approximate surface area is 130 Å². The van der Waals surface area contributed by atoms with Crippen molar-refractivity contribution in [2.75, 3.05) is 45.3 Å². The summed E-state index contributed by atoms with van der Waals surface area (Å²) in [5.41, 5.74) is 0. The van der Waals surface area contributed by atoms with E-state index >= 15 is 0 Å². The van der Waals surface area contributed by atoms with Crippen molar-refractivity contribution in [3.63, 3.8) is 0 Å². The summed E-state index contributed by atoms with van der Waals surface area (Å²) >= 11 is 0. The van der Waals surface area contributed by atoms with Crippen LogP contribution in [-0.2, 0) is 9.53 Å². The number of hydrogen-bond donors (Lipinski definition) is 0. The van der Waals surface area contributed by atoms with Gasteiger partial charge < -0.3 is 19.3 Å². The molecule has 3 heterocycles. The summed E-state index contributed by atoms with van der Waals surface area (Å²) in [6, 6.07) is 0. The van der Waals surface area contributed by atoms with Crippen LogP contribution in [0.1, 0.15) is 12.8 Å². The fourth-order valence-electron chi connectivity index (χ4n) is 2.79. The van der Waals surface area contributed by atoms with Crippen LogP contribution in [-0.4, -0.2) is 67.3 Å². The van der Waals surface area contributed by atoms with Crippen molar-refractivity contribution in [3.05, 3.63) is 12.4 Å². The van der Waals surface area contributed by atoms with Crippen LogP contribution in [0.2, 0.25) is 0 Å². The summed E-state index contributed by atoms with van der Waals surface area (Å²) in [5, 5.41) is 0. The summed E-state index contributed by atoms with van der Waals surface area (Å²) < 4.78 is 11.2. The molecule has 0 radical (unpaired) electrons. The fraction of sp³-hybridized carbons (Fsp3) is 0.667. The number of anilines is 1. The van der Waals surface area contributed by atoms with Crippen molar-refractivity contribution in [3.8, 4) is 5.88 Å². The predicted octanol–water partition coefficient (Wildman–Crippen LogP) is 0.559. The van der Waals surface area contributed by atoms with Crippen LogP contribution >= 0.6 is 0 Å². The number of aromatic nitrogens is 2. The number of nitrogens with zero attached hydrogens (tertiary/aromatic N) is 4. The van der Waals surface area contributed by atoms with Crippen LogP contribution < -0.4 is 9.64 Å². The van der Waals surface area contributed by atoms with E-state index in [-0.39, 0.29) is 17.9 Å². The van der Waals surface area contributed by atoms with Crippen molar-refractivity contribution in [1.82, 2.24) is 14.9 Å². The molecule has 7 nitrogen and oxygen atoms in total. The molecule has 0 spiro atoms. The summed E-state index contributed by atoms with van der Waals surface area (Å²) in [7, 11) is 3.82. The second-order valence-electron chi connectivity index (χ2n) is 5.98. The molecule has 22 heavy (non-hydrogen) atoms. The van der Waals surface area contributed by atoms with Gasteiger partial charge in [-0.05, 0) is 6.42 Å². The van der Waals surface area contributed by atoms with Crippen LogP contribution in [0.15, 0.2) is 12.4 Å². The molecule has 2 aliphatic heterocycles. The van der Waals surface area contributed by atoms with E-state index in [4.69, 9.17) is 9.47 Å². The molecule has 2 unspecified atom stereocenters. The molecule has 3 rings (SSSR count). The van der Waals surface area contributed by atoms with Gasteiger partial charge in [0, 0.05) is 33.7 Å². The molecule has 2 saturated heterocycles. The number of carbonyl (C=O) groups excluding carboxylic acids is 1. The second-order valence-corrected chi connectivity index (χ2v) is 5.98. The molecule has 1 aromatic heterocycles. The van der Waals surface area contributed by atoms with E-state index in [2.05, 4.69) is 9.97 Å². The molecule has 1 amide bonds. The van der Waals surface area contributed by atoms with Gasteiger partial charge in [-0.2, -0.15) is 4.98 Å². The largest absolute Gasteiger partial charge is 0.471 e. The minimum atomic E-state index is -0.0158. The molecule has 2 atom stereocenters. The molecule has 120 valence electrons. The zero-order valence-corrected chi connectivity index (χ0v) is 13.1. The number of rotatable bonds is 4. The Morgan fingerprint density at radius 1 is 1.41 bits per heavy atom. The van der Waals surface area contributed by atoms with Gasteiger partial charge in [0.15, 0.2) is 5.82 Å². The first kappa shape index (κ1) is 15.0. The van der Waals surface area contributed by atoms with Crippen molar-refractivity contribution < 1.29 is 14.3 Å². The lowest BCUT2D eigenvalue weighted by Crippen LogP contribution is -2.36. The molecule has 0 aliphatic carbocycles. The van der Waals surface area contributed by atoms with Crippen LogP contribution in [0.25, 0.3) is 0 Å². The Hall–Kier alpha value is -1.89. The van der Waals surface area contributed by atoms with Gasteiger partial charge in [-0.1, -0.05) is 0 Å². The maximum absolute atomic E-state index is 12.3. The Kier molecular flexibility index (Phi) is 4.42. The van der Waals surface area contributed by atoms with E-state index in [1.165, 1.54) is 0 Å². The van der Waals surface area contributed by atoms with Crippen molar-refractivity contribution in [2.24, 2.45) is 5.92 Å². The Balaban J connectivity index is 1.56. The maximum atomic E-state index is 12.3. The second kappa shape index (κ2) is 6.48. The number of likely N-dealkylation sites (tertiary alicyclic amines) is 1. The molecule has 0 N–H and O–H groups in total. The van der Waals surface area contributed by atoms with Gasteiger partial charge in [0.2, 0.25) is 11.8 Å². The third-order valence-corrected chi connectivity index (χ3v) is 4.08. The highest BCUT2D eigenvalue weighted by molar-refractivity contribution is 5.79. The number of ether oxygens (including phenoxy) is 2. The van der Waals surface area contributed by atoms with Crippen LogP contribution in [0.4, 0.5) is 5.82 Å². The minimum absolute atomic E-state index is 0.0158. The quantitative estimate of drug-likeness (QED) is 0.809. The first-order valence-electron chi connectivity index (χ1n) is 7.66. The van der Waals surface area contributed by atoms with Gasteiger partial charge >= 0.3 is 0 Å². The standard InChI is InChI=1S/C15H22N4O3/c1-18(2)13-7-16-8-14(17-13)22-12-3-5-19(9-12)15(20)11-4-6-21-10-11/h7-8,11-12H,3-6,9-10H2,1-2H3. The highest BCUT2D eigenvalue weighted by atomic mass is 16.5. The van der Waals surface area contributed by atoms with Gasteiger partial charge in [0.25, 0.3) is 0 Å². The highest BCUT2D eigenvalue weighted by Gasteiger charge is 2.33. The van der Waals surface area contributed by atoms with Gasteiger partial charge in [-0.3, -0.25) is 9.78 Å². The SMILES string of the molecule is CN(C)c1cncc(OC2CCN(C(=O)C3CCOC3)C2)n1. The van der Waals surface area contributed by atoms with Gasteiger partial charge in [0.1, 0.15) is 6.10 Å². The number of amides is 1. The van der Waals surface area contributed by atoms with E-state index in [1.807, 2.05) is 23.9 Å². The lowest BCUT2D eigenvalue weighted by atomic mass is 10.1. The number of hydrogen-bond acceptors (Lipinski definition) is 6. The predicted molar refractivity (Wildman–Crippen MR) is 80.9 cm³/mol. The topological polar surface area (TPSA) is 67.8 Å². The van der Waals surface area contributed by atoms with E-state index in [0.717, 1.165) is 25.2 Å². The number of carbonyl (C=O) groups is 1. The third kappa shape index (κ3) is 3.30. The first-order valence-corrected chi connectivity index (χ1v) is 7.66. The average Bonchev–Trinajstić information content (AvgIpc) is 3.18. The zero-order chi connectivity index (χ0) is 15.5. The molecule has 0 aromatic carbocycles. The van der Waals surface area contributed by atoms with E-state index < -0.39 is 0 Å². The molecular formula is C15H22N4O3. The van der Waals surface area contributed by atoms with Crippen molar-refractivity contribution >= 4 is 11.7 Å². The van der Waals surface area contributed by atoms with Crippen LogP contribution in [0.3, 0.4) is 0 Å². The fourth-order valence-corrected chi connectivity index (χ4v) is 2.79. The maximum Gasteiger partial charge on any atom is 0.234 e. The first-order chi connectivity index (χ1) is 10.6. The average molecular weight is 306 g/mol. The summed E-state index contributed by atoms with van der Waals surface area (Å²) in [6.07, 6.45) is 4.95. The van der Waals surface area contributed by atoms with Crippen LogP contribution in [0, 0.1) is 5.92 Å². The monoisotopic (exact) mass is 306 g/mol. The molecule has 2 aliphatic rings. The summed E-state index contributed by atoms with van der Waals surface area (Å²) in [6.45, 7) is 2.60. The lowest BCUT2D eigenvalue weighted by molar-refractivity contribution is -0.134. The molecule has 2 fully saturated rings. The van der Waals surface area contributed by atoms with Crippen molar-refractivity contribution in [2.45, 2.75) is 18.9 Å². The molecule has 0 saturated carbocycles. The Morgan fingerprint density at radius 3 is 3.00 bits per heavy atom. The molecule has 0 bridgehead atoms. The van der Waals surface area contributed by atoms with Gasteiger partial charge in [-0.25, -0.2) is 0 Å². The minimum Gasteiger partial charge on any atom is -0.471 e. The summed E-state index contributed by atoms with van der Waals surface area (Å²) in [5.74, 6) is 1.48. The van der Waals surface area contributed by atoms with Crippen molar-refractivity contribution in [1.29, 1.82) is 0 Å². The van der Waals surface area contributed by atoms with Gasteiger partial charge in [0.05, 0.1) is 31.5 Å². The summed E-state index contributed by atoms with van der Waals surface area (Å²) in [4.78, 5) is 24.6. The molecule has 1 aromatic rings. The zero-order valence-electron chi connectivity index (χ0n) is 13.1. The van der Waals surface area contributed by atoms with E-state index in [9.17, 15) is 4.79 Å². The van der Waals surface area contributed by atoms with E-state index in [0.29, 0.717) is 25.6 Å².